The van der Waals surface area contributed by atoms with Gasteiger partial charge in [0, 0.05) is 10.2 Å². The maximum absolute atomic E-state index is 12.2. The lowest BCUT2D eigenvalue weighted by Gasteiger charge is -2.09. The normalized spacial score (nSPS) is 10.7. The minimum atomic E-state index is -0.338. The molecule has 3 rings (SSSR count). The Labute approximate surface area is 150 Å². The molecule has 2 aromatic carbocycles. The summed E-state index contributed by atoms with van der Waals surface area (Å²) < 4.78 is 1.85. The van der Waals surface area contributed by atoms with E-state index >= 15 is 0 Å². The van der Waals surface area contributed by atoms with Crippen LogP contribution in [-0.2, 0) is 4.79 Å². The minimum Gasteiger partial charge on any atom is -0.334 e. The predicted molar refractivity (Wildman–Crippen MR) is 99.6 cm³/mol. The van der Waals surface area contributed by atoms with Gasteiger partial charge in [0.05, 0.1) is 16.7 Å². The van der Waals surface area contributed by atoms with Crippen molar-refractivity contribution in [2.75, 3.05) is 16.9 Å². The molecular weight excluding hydrogens is 392 g/mol. The monoisotopic (exact) mass is 404 g/mol. The summed E-state index contributed by atoms with van der Waals surface area (Å²) in [6.45, 7) is 0. The van der Waals surface area contributed by atoms with Crippen LogP contribution in [0.15, 0.2) is 63.0 Å². The Morgan fingerprint density at radius 1 is 1.25 bits per heavy atom. The van der Waals surface area contributed by atoms with Gasteiger partial charge in [-0.2, -0.15) is 0 Å². The summed E-state index contributed by atoms with van der Waals surface area (Å²) in [5.41, 5.74) is 0.904. The molecule has 8 heteroatoms. The standard InChI is InChI=1S/C16H13BrN4O2S/c17-10-4-3-5-11(8-10)19-14(22)9-24-16-20-13-7-2-1-6-12(13)15(23)21(16)18/h1-8H,9,18H2,(H,19,22). The summed E-state index contributed by atoms with van der Waals surface area (Å²) >= 11 is 4.46. The van der Waals surface area contributed by atoms with Gasteiger partial charge in [0.1, 0.15) is 0 Å². The molecule has 1 amide bonds. The molecule has 0 spiro atoms. The maximum atomic E-state index is 12.2. The molecule has 122 valence electrons. The number of rotatable bonds is 4. The largest absolute Gasteiger partial charge is 0.334 e. The Balaban J connectivity index is 1.75. The second kappa shape index (κ2) is 7.06. The number of thioether (sulfide) groups is 1. The maximum Gasteiger partial charge on any atom is 0.280 e. The molecule has 0 aliphatic heterocycles. The van der Waals surface area contributed by atoms with Crippen molar-refractivity contribution in [3.05, 3.63) is 63.4 Å². The van der Waals surface area contributed by atoms with E-state index in [0.29, 0.717) is 21.7 Å². The van der Waals surface area contributed by atoms with Crippen LogP contribution in [0, 0.1) is 0 Å². The fourth-order valence-corrected chi connectivity index (χ4v) is 3.24. The Morgan fingerprint density at radius 3 is 2.83 bits per heavy atom. The van der Waals surface area contributed by atoms with Crippen molar-refractivity contribution in [3.8, 4) is 0 Å². The highest BCUT2D eigenvalue weighted by atomic mass is 79.9. The van der Waals surface area contributed by atoms with Crippen LogP contribution < -0.4 is 16.7 Å². The number of hydrogen-bond acceptors (Lipinski definition) is 5. The summed E-state index contributed by atoms with van der Waals surface area (Å²) in [6.07, 6.45) is 0. The molecule has 1 heterocycles. The number of nitrogens with one attached hydrogen (secondary N) is 1. The summed E-state index contributed by atoms with van der Waals surface area (Å²) in [5, 5.41) is 3.52. The number of fused-ring (bicyclic) bond motifs is 1. The van der Waals surface area contributed by atoms with E-state index < -0.39 is 0 Å². The molecule has 0 fully saturated rings. The van der Waals surface area contributed by atoms with Crippen molar-refractivity contribution in [2.24, 2.45) is 0 Å². The van der Waals surface area contributed by atoms with Gasteiger partial charge in [-0.3, -0.25) is 9.59 Å². The number of anilines is 1. The van der Waals surface area contributed by atoms with Crippen molar-refractivity contribution < 1.29 is 4.79 Å². The lowest BCUT2D eigenvalue weighted by atomic mass is 10.2. The molecule has 6 nitrogen and oxygen atoms in total. The first-order valence-corrected chi connectivity index (χ1v) is 8.77. The third kappa shape index (κ3) is 3.60. The molecule has 0 aliphatic rings. The van der Waals surface area contributed by atoms with Crippen molar-refractivity contribution in [1.29, 1.82) is 0 Å². The number of carbonyl (C=O) groups excluding carboxylic acids is 1. The Hall–Kier alpha value is -2.32. The lowest BCUT2D eigenvalue weighted by molar-refractivity contribution is -0.113. The predicted octanol–water partition coefficient (Wildman–Crippen LogP) is 2.60. The number of nitrogens with two attached hydrogens (primary N) is 1. The molecule has 3 N–H and O–H groups in total. The fraction of sp³-hybridized carbons (Fsp3) is 0.0625. The molecule has 0 aliphatic carbocycles. The summed E-state index contributed by atoms with van der Waals surface area (Å²) in [7, 11) is 0. The number of aromatic nitrogens is 2. The van der Waals surface area contributed by atoms with Crippen LogP contribution in [0.5, 0.6) is 0 Å². The third-order valence-electron chi connectivity index (χ3n) is 3.22. The molecule has 0 saturated heterocycles. The molecule has 0 saturated carbocycles. The van der Waals surface area contributed by atoms with Crippen LogP contribution in [0.3, 0.4) is 0 Å². The van der Waals surface area contributed by atoms with E-state index in [0.717, 1.165) is 20.9 Å². The van der Waals surface area contributed by atoms with Gasteiger partial charge >= 0.3 is 0 Å². The molecular formula is C16H13BrN4O2S. The Morgan fingerprint density at radius 2 is 2.04 bits per heavy atom. The van der Waals surface area contributed by atoms with E-state index in [9.17, 15) is 9.59 Å². The molecule has 0 unspecified atom stereocenters. The molecule has 0 radical (unpaired) electrons. The molecule has 1 aromatic heterocycles. The first-order valence-electron chi connectivity index (χ1n) is 6.99. The number of carbonyl (C=O) groups is 1. The van der Waals surface area contributed by atoms with Crippen molar-refractivity contribution in [3.63, 3.8) is 0 Å². The smallest absolute Gasteiger partial charge is 0.280 e. The Bertz CT molecular complexity index is 974. The number of nitrogens with zero attached hydrogens (tertiary/aromatic N) is 2. The highest BCUT2D eigenvalue weighted by molar-refractivity contribution is 9.10. The van der Waals surface area contributed by atoms with E-state index in [1.165, 1.54) is 0 Å². The highest BCUT2D eigenvalue weighted by Gasteiger charge is 2.11. The number of benzene rings is 2. The zero-order valence-electron chi connectivity index (χ0n) is 12.4. The molecule has 0 atom stereocenters. The topological polar surface area (TPSA) is 90.0 Å². The van der Waals surface area contributed by atoms with E-state index in [1.807, 2.05) is 12.1 Å². The van der Waals surface area contributed by atoms with E-state index in [1.54, 1.807) is 36.4 Å². The summed E-state index contributed by atoms with van der Waals surface area (Å²) in [6, 6.07) is 14.3. The van der Waals surface area contributed by atoms with Crippen LogP contribution in [0.1, 0.15) is 0 Å². The van der Waals surface area contributed by atoms with Gasteiger partial charge < -0.3 is 11.2 Å². The number of hydrogen-bond donors (Lipinski definition) is 2. The number of halogens is 1. The quantitative estimate of drug-likeness (QED) is 0.396. The second-order valence-corrected chi connectivity index (χ2v) is 6.79. The Kier molecular flexibility index (Phi) is 4.86. The van der Waals surface area contributed by atoms with Gasteiger partial charge in [0.2, 0.25) is 5.91 Å². The lowest BCUT2D eigenvalue weighted by Crippen LogP contribution is -2.30. The van der Waals surface area contributed by atoms with E-state index in [4.69, 9.17) is 5.84 Å². The van der Waals surface area contributed by atoms with Crippen LogP contribution >= 0.6 is 27.7 Å². The number of amides is 1. The average Bonchev–Trinajstić information content (AvgIpc) is 2.57. The summed E-state index contributed by atoms with van der Waals surface area (Å²) in [5.74, 6) is 5.67. The van der Waals surface area contributed by atoms with Gasteiger partial charge in [-0.05, 0) is 30.3 Å². The summed E-state index contributed by atoms with van der Waals surface area (Å²) in [4.78, 5) is 28.6. The second-order valence-electron chi connectivity index (χ2n) is 4.93. The van der Waals surface area contributed by atoms with Crippen molar-refractivity contribution in [1.82, 2.24) is 9.66 Å². The van der Waals surface area contributed by atoms with Gasteiger partial charge in [0.25, 0.3) is 5.56 Å². The van der Waals surface area contributed by atoms with Crippen LogP contribution in [0.4, 0.5) is 5.69 Å². The van der Waals surface area contributed by atoms with Gasteiger partial charge in [-0.25, -0.2) is 9.66 Å². The third-order valence-corrected chi connectivity index (χ3v) is 4.66. The van der Waals surface area contributed by atoms with E-state index in [-0.39, 0.29) is 17.2 Å². The van der Waals surface area contributed by atoms with Gasteiger partial charge in [0.15, 0.2) is 5.16 Å². The zero-order chi connectivity index (χ0) is 17.1. The van der Waals surface area contributed by atoms with Crippen molar-refractivity contribution >= 4 is 50.2 Å². The fourth-order valence-electron chi connectivity index (χ4n) is 2.12. The molecule has 0 bridgehead atoms. The minimum absolute atomic E-state index is 0.0918. The number of para-hydroxylation sites is 1. The van der Waals surface area contributed by atoms with Crippen LogP contribution in [-0.4, -0.2) is 21.3 Å². The zero-order valence-corrected chi connectivity index (χ0v) is 14.8. The van der Waals surface area contributed by atoms with Crippen LogP contribution in [0.25, 0.3) is 10.9 Å². The molecule has 24 heavy (non-hydrogen) atoms. The average molecular weight is 405 g/mol. The highest BCUT2D eigenvalue weighted by Crippen LogP contribution is 2.18. The molecule has 3 aromatic rings. The SMILES string of the molecule is Nn1c(SCC(=O)Nc2cccc(Br)c2)nc2ccccc2c1=O. The number of nitrogen functional groups attached to an aromatic ring is 1. The first kappa shape index (κ1) is 16.5. The van der Waals surface area contributed by atoms with E-state index in [2.05, 4.69) is 26.2 Å². The van der Waals surface area contributed by atoms with Gasteiger partial charge in [-0.15, -0.1) is 0 Å². The van der Waals surface area contributed by atoms with Crippen LogP contribution in [0.2, 0.25) is 0 Å². The first-order chi connectivity index (χ1) is 11.5. The van der Waals surface area contributed by atoms with Crippen molar-refractivity contribution in [2.45, 2.75) is 5.16 Å². The van der Waals surface area contributed by atoms with Gasteiger partial charge in [-0.1, -0.05) is 45.9 Å².